The van der Waals surface area contributed by atoms with Crippen LogP contribution in [0.2, 0.25) is 0 Å². The zero-order chi connectivity index (χ0) is 32.1. The average molecular weight is 671 g/mol. The quantitative estimate of drug-likeness (QED) is 0.134. The van der Waals surface area contributed by atoms with Crippen molar-refractivity contribution >= 4 is 34.9 Å². The number of hydrogen-bond acceptors (Lipinski definition) is 10. The number of nitrogens with zero attached hydrogens (tertiary/aromatic N) is 8. The van der Waals surface area contributed by atoms with Crippen LogP contribution in [-0.2, 0) is 0 Å². The first-order valence-electron chi connectivity index (χ1n) is 15.7. The molecule has 0 saturated heterocycles. The van der Waals surface area contributed by atoms with E-state index >= 15 is 0 Å². The molecule has 238 valence electrons. The molecule has 0 saturated carbocycles. The Morgan fingerprint density at radius 2 is 0.917 bits per heavy atom. The third kappa shape index (κ3) is 6.24. The van der Waals surface area contributed by atoms with E-state index < -0.39 is 0 Å². The van der Waals surface area contributed by atoms with Gasteiger partial charge in [0.25, 0.3) is 0 Å². The average Bonchev–Trinajstić information content (AvgIpc) is 3.78. The van der Waals surface area contributed by atoms with Gasteiger partial charge in [0.2, 0.25) is 10.3 Å². The Balaban J connectivity index is 0.899. The van der Waals surface area contributed by atoms with E-state index in [1.165, 1.54) is 0 Å². The van der Waals surface area contributed by atoms with E-state index in [-0.39, 0.29) is 0 Å². The van der Waals surface area contributed by atoms with Gasteiger partial charge >= 0.3 is 0 Å². The highest BCUT2D eigenvalue weighted by Crippen LogP contribution is 2.32. The number of ether oxygens (including phenoxy) is 2. The zero-order valence-electron chi connectivity index (χ0n) is 25.8. The van der Waals surface area contributed by atoms with Gasteiger partial charge in [0.1, 0.15) is 11.5 Å². The summed E-state index contributed by atoms with van der Waals surface area (Å²) in [6.45, 7) is 1.13. The van der Waals surface area contributed by atoms with Crippen LogP contribution >= 0.6 is 23.5 Å². The fraction of sp³-hybridized carbons (Fsp3) is 0.167. The van der Waals surface area contributed by atoms with Gasteiger partial charge in [-0.1, -0.05) is 108 Å². The summed E-state index contributed by atoms with van der Waals surface area (Å²) >= 11 is 3.25. The first-order valence-corrected chi connectivity index (χ1v) is 17.7. The first-order chi connectivity index (χ1) is 23.8. The molecular weight excluding hydrogens is 641 g/mol. The van der Waals surface area contributed by atoms with Gasteiger partial charge in [-0.25, -0.2) is 0 Å². The number of rotatable bonds is 11. The Kier molecular flexibility index (Phi) is 8.72. The summed E-state index contributed by atoms with van der Waals surface area (Å²) in [7, 11) is 0. The Labute approximate surface area is 285 Å². The second-order valence-corrected chi connectivity index (χ2v) is 12.9. The smallest absolute Gasteiger partial charge is 0.212 e. The van der Waals surface area contributed by atoms with Gasteiger partial charge in [0, 0.05) is 33.8 Å². The monoisotopic (exact) mass is 670 g/mol. The van der Waals surface area contributed by atoms with E-state index in [2.05, 4.69) is 32.5 Å². The fourth-order valence-corrected chi connectivity index (χ4v) is 7.14. The zero-order valence-corrected chi connectivity index (χ0v) is 27.5. The van der Waals surface area contributed by atoms with Crippen LogP contribution in [0.1, 0.15) is 24.0 Å². The lowest BCUT2D eigenvalue weighted by molar-refractivity contribution is 0.266. The van der Waals surface area contributed by atoms with Crippen LogP contribution in [0.4, 0.5) is 0 Å². The number of hydrogen-bond donors (Lipinski definition) is 0. The van der Waals surface area contributed by atoms with E-state index in [9.17, 15) is 0 Å². The lowest BCUT2D eigenvalue weighted by Crippen LogP contribution is -2.16. The maximum absolute atomic E-state index is 6.30. The number of unbranched alkanes of at least 4 members (excludes halogenated alkanes) is 1. The van der Waals surface area contributed by atoms with Crippen LogP contribution in [0.3, 0.4) is 0 Å². The van der Waals surface area contributed by atoms with Crippen LogP contribution < -0.4 is 9.47 Å². The maximum Gasteiger partial charge on any atom is 0.212 e. The van der Waals surface area contributed by atoms with Crippen LogP contribution in [-0.4, -0.2) is 65.9 Å². The van der Waals surface area contributed by atoms with Gasteiger partial charge in [0.15, 0.2) is 11.6 Å². The van der Waals surface area contributed by atoms with E-state index in [0.717, 1.165) is 80.0 Å². The van der Waals surface area contributed by atoms with Gasteiger partial charge in [-0.3, -0.25) is 0 Å². The summed E-state index contributed by atoms with van der Waals surface area (Å²) in [5, 5.41) is 29.0. The molecule has 2 aliphatic heterocycles. The van der Waals surface area contributed by atoms with Gasteiger partial charge in [-0.15, -0.1) is 20.4 Å². The highest BCUT2D eigenvalue weighted by atomic mass is 32.2. The molecule has 2 aromatic heterocycles. The molecule has 10 nitrogen and oxygen atoms in total. The molecule has 0 spiro atoms. The molecule has 0 fully saturated rings. The molecule has 6 aromatic rings. The molecule has 0 N–H and O–H groups in total. The van der Waals surface area contributed by atoms with Crippen molar-refractivity contribution in [3.63, 3.8) is 0 Å². The molecule has 0 unspecified atom stereocenters. The highest BCUT2D eigenvalue weighted by Gasteiger charge is 2.24. The standard InChI is InChI=1S/C36H30N8O2S2/c1-3-13-25(14-4-1)33-37-39-35-43(33)41-29(23-47-35)27-17-7-9-19-31(27)45-21-11-12-22-46-32-20-10-8-18-28(32)30-24-48-36-40-38-34(44(36)42-30)26-15-5-2-6-16-26/h1-10,13-20H,11-12,21-24H2. The molecular formula is C36H30N8O2S2. The molecule has 0 amide bonds. The van der Waals surface area contributed by atoms with Crippen LogP contribution in [0.5, 0.6) is 11.5 Å². The van der Waals surface area contributed by atoms with Gasteiger partial charge in [-0.2, -0.15) is 19.6 Å². The Morgan fingerprint density at radius 1 is 0.500 bits per heavy atom. The third-order valence-corrected chi connectivity index (χ3v) is 9.72. The number of thioether (sulfide) groups is 2. The predicted molar refractivity (Wildman–Crippen MR) is 189 cm³/mol. The minimum absolute atomic E-state index is 0.567. The first kappa shape index (κ1) is 30.2. The summed E-state index contributed by atoms with van der Waals surface area (Å²) in [5.41, 5.74) is 5.77. The summed E-state index contributed by atoms with van der Waals surface area (Å²) in [4.78, 5) is 0. The van der Waals surface area contributed by atoms with Crippen molar-refractivity contribution in [2.24, 2.45) is 10.2 Å². The van der Waals surface area contributed by atoms with Crippen molar-refractivity contribution < 1.29 is 9.47 Å². The maximum atomic E-state index is 6.30. The molecule has 12 heteroatoms. The largest absolute Gasteiger partial charge is 0.493 e. The Hall–Kier alpha value is -5.20. The minimum atomic E-state index is 0.567. The summed E-state index contributed by atoms with van der Waals surface area (Å²) in [6.07, 6.45) is 1.68. The van der Waals surface area contributed by atoms with E-state index in [4.69, 9.17) is 19.7 Å². The predicted octanol–water partition coefficient (Wildman–Crippen LogP) is 7.16. The van der Waals surface area contributed by atoms with E-state index in [0.29, 0.717) is 24.7 Å². The molecule has 2 aliphatic rings. The number of aromatic nitrogens is 6. The van der Waals surface area contributed by atoms with Crippen LogP contribution in [0.15, 0.2) is 130 Å². The SMILES string of the molecule is c1ccc(-c2nnc3n2N=C(c2ccccc2OCCCCOc2ccccc2C2=Nn4c(nnc4-c4ccccc4)SC2)CS3)cc1. The molecule has 4 heterocycles. The number of fused-ring (bicyclic) bond motifs is 2. The summed E-state index contributed by atoms with van der Waals surface area (Å²) in [6, 6.07) is 36.2. The fourth-order valence-electron chi connectivity index (χ4n) is 5.48. The lowest BCUT2D eigenvalue weighted by Gasteiger charge is -2.17. The van der Waals surface area contributed by atoms with Crippen molar-refractivity contribution in [1.29, 1.82) is 0 Å². The molecule has 48 heavy (non-hydrogen) atoms. The van der Waals surface area contributed by atoms with Crippen LogP contribution in [0, 0.1) is 0 Å². The summed E-state index contributed by atoms with van der Waals surface area (Å²) < 4.78 is 16.3. The second-order valence-electron chi connectivity index (χ2n) is 11.0. The van der Waals surface area contributed by atoms with Gasteiger partial charge in [-0.05, 0) is 37.1 Å². The molecule has 0 bridgehead atoms. The van der Waals surface area contributed by atoms with E-state index in [1.807, 2.05) is 106 Å². The molecule has 8 rings (SSSR count). The van der Waals surface area contributed by atoms with Crippen molar-refractivity contribution in [2.75, 3.05) is 24.7 Å². The Bertz CT molecular complexity index is 1960. The number of benzene rings is 4. The molecule has 0 radical (unpaired) electrons. The van der Waals surface area contributed by atoms with E-state index in [1.54, 1.807) is 23.5 Å². The Morgan fingerprint density at radius 3 is 1.38 bits per heavy atom. The molecule has 0 atom stereocenters. The lowest BCUT2D eigenvalue weighted by atomic mass is 10.1. The number of para-hydroxylation sites is 2. The topological polar surface area (TPSA) is 105 Å². The third-order valence-electron chi connectivity index (χ3n) is 7.86. The van der Waals surface area contributed by atoms with Gasteiger partial charge in [0.05, 0.1) is 24.6 Å². The summed E-state index contributed by atoms with van der Waals surface area (Å²) in [5.74, 6) is 4.47. The molecule has 0 aliphatic carbocycles. The van der Waals surface area contributed by atoms with Crippen molar-refractivity contribution in [3.05, 3.63) is 120 Å². The second kappa shape index (κ2) is 13.9. The van der Waals surface area contributed by atoms with Gasteiger partial charge < -0.3 is 9.47 Å². The highest BCUT2D eigenvalue weighted by molar-refractivity contribution is 8.00. The molecule has 4 aromatic carbocycles. The van der Waals surface area contributed by atoms with Crippen molar-refractivity contribution in [3.8, 4) is 34.3 Å². The van der Waals surface area contributed by atoms with Crippen molar-refractivity contribution in [2.45, 2.75) is 23.2 Å². The van der Waals surface area contributed by atoms with Crippen LogP contribution in [0.25, 0.3) is 22.8 Å². The minimum Gasteiger partial charge on any atom is -0.493 e. The van der Waals surface area contributed by atoms with Crippen molar-refractivity contribution in [1.82, 2.24) is 29.7 Å². The normalized spacial score (nSPS) is 13.7.